The monoisotopic (exact) mass is 235 g/mol. The number of hydrogen-bond acceptors (Lipinski definition) is 1. The molecule has 0 atom stereocenters. The molecular formula is C15H27N2+. The first-order valence-electron chi connectivity index (χ1n) is 6.89. The lowest BCUT2D eigenvalue weighted by Crippen LogP contribution is -2.39. The van der Waals surface area contributed by atoms with Gasteiger partial charge in [0, 0.05) is 33.0 Å². The van der Waals surface area contributed by atoms with Crippen LogP contribution in [0.5, 0.6) is 0 Å². The number of hydrogen-bond donors (Lipinski definition) is 0. The van der Waals surface area contributed by atoms with Gasteiger partial charge in [-0.3, -0.25) is 0 Å². The van der Waals surface area contributed by atoms with Crippen LogP contribution in [0.3, 0.4) is 0 Å². The van der Waals surface area contributed by atoms with E-state index < -0.39 is 0 Å². The Kier molecular flexibility index (Phi) is 6.03. The summed E-state index contributed by atoms with van der Waals surface area (Å²) >= 11 is 0. The molecule has 96 valence electrons. The van der Waals surface area contributed by atoms with Crippen LogP contribution in [0.2, 0.25) is 0 Å². The first-order chi connectivity index (χ1) is 8.20. The third-order valence-electron chi connectivity index (χ3n) is 3.23. The van der Waals surface area contributed by atoms with Crippen molar-refractivity contribution in [2.24, 2.45) is 0 Å². The molecule has 0 unspecified atom stereocenters. The SMILES string of the molecule is CCCCCC[n+]1cccc(N(C)C)c1CC. The largest absolute Gasteiger partial charge is 0.373 e. The van der Waals surface area contributed by atoms with Crippen molar-refractivity contribution >= 4 is 5.69 Å². The van der Waals surface area contributed by atoms with Gasteiger partial charge < -0.3 is 4.90 Å². The minimum absolute atomic E-state index is 1.10. The Morgan fingerprint density at radius 1 is 1.12 bits per heavy atom. The molecule has 0 saturated heterocycles. The van der Waals surface area contributed by atoms with Crippen LogP contribution in [0.25, 0.3) is 0 Å². The molecule has 0 amide bonds. The molecule has 0 aliphatic rings. The Morgan fingerprint density at radius 3 is 2.47 bits per heavy atom. The summed E-state index contributed by atoms with van der Waals surface area (Å²) in [5, 5.41) is 0. The summed E-state index contributed by atoms with van der Waals surface area (Å²) in [6, 6.07) is 4.37. The molecule has 0 N–H and O–H groups in total. The van der Waals surface area contributed by atoms with Gasteiger partial charge in [0.15, 0.2) is 6.20 Å². The van der Waals surface area contributed by atoms with Crippen LogP contribution in [0.1, 0.15) is 45.2 Å². The second-order valence-corrected chi connectivity index (χ2v) is 4.84. The van der Waals surface area contributed by atoms with Gasteiger partial charge in [-0.25, -0.2) is 4.57 Å². The van der Waals surface area contributed by atoms with Crippen molar-refractivity contribution < 1.29 is 4.57 Å². The molecule has 1 aromatic rings. The zero-order valence-electron chi connectivity index (χ0n) is 11.9. The lowest BCUT2D eigenvalue weighted by molar-refractivity contribution is -0.703. The molecule has 2 heteroatoms. The van der Waals surface area contributed by atoms with Crippen LogP contribution in [0, 0.1) is 0 Å². The minimum atomic E-state index is 1.10. The zero-order chi connectivity index (χ0) is 12.7. The molecule has 2 nitrogen and oxygen atoms in total. The highest BCUT2D eigenvalue weighted by molar-refractivity contribution is 5.46. The van der Waals surface area contributed by atoms with Gasteiger partial charge in [0.1, 0.15) is 12.2 Å². The number of nitrogens with zero attached hydrogens (tertiary/aromatic N) is 2. The highest BCUT2D eigenvalue weighted by Crippen LogP contribution is 2.14. The van der Waals surface area contributed by atoms with Gasteiger partial charge >= 0.3 is 0 Å². The van der Waals surface area contributed by atoms with E-state index in [9.17, 15) is 0 Å². The highest BCUT2D eigenvalue weighted by atomic mass is 15.1. The van der Waals surface area contributed by atoms with Crippen LogP contribution in [-0.4, -0.2) is 14.1 Å². The van der Waals surface area contributed by atoms with Crippen molar-refractivity contribution in [1.82, 2.24) is 0 Å². The van der Waals surface area contributed by atoms with E-state index in [0.717, 1.165) is 13.0 Å². The molecule has 1 heterocycles. The summed E-state index contributed by atoms with van der Waals surface area (Å²) in [5.74, 6) is 0. The van der Waals surface area contributed by atoms with Crippen LogP contribution in [0.4, 0.5) is 5.69 Å². The molecular weight excluding hydrogens is 208 g/mol. The lowest BCUT2D eigenvalue weighted by Gasteiger charge is -2.15. The molecule has 0 fully saturated rings. The maximum absolute atomic E-state index is 2.42. The van der Waals surface area contributed by atoms with Gasteiger partial charge in [0.05, 0.1) is 0 Å². The molecule has 1 rings (SSSR count). The van der Waals surface area contributed by atoms with E-state index in [2.05, 4.69) is 55.7 Å². The predicted molar refractivity (Wildman–Crippen MR) is 74.5 cm³/mol. The second kappa shape index (κ2) is 7.31. The number of aryl methyl sites for hydroxylation is 1. The quantitative estimate of drug-likeness (QED) is 0.520. The molecule has 0 aromatic carbocycles. The van der Waals surface area contributed by atoms with Crippen LogP contribution in [0.15, 0.2) is 18.3 Å². The van der Waals surface area contributed by atoms with Crippen LogP contribution >= 0.6 is 0 Å². The minimum Gasteiger partial charge on any atom is -0.373 e. The first-order valence-corrected chi connectivity index (χ1v) is 6.89. The van der Waals surface area contributed by atoms with E-state index in [4.69, 9.17) is 0 Å². The normalized spacial score (nSPS) is 10.6. The van der Waals surface area contributed by atoms with Gasteiger partial charge in [-0.15, -0.1) is 0 Å². The Balaban J connectivity index is 2.73. The number of aromatic nitrogens is 1. The molecule has 0 spiro atoms. The summed E-state index contributed by atoms with van der Waals surface area (Å²) in [4.78, 5) is 2.21. The maximum atomic E-state index is 2.42. The van der Waals surface area contributed by atoms with E-state index >= 15 is 0 Å². The smallest absolute Gasteiger partial charge is 0.204 e. The summed E-state index contributed by atoms with van der Waals surface area (Å²) in [6.07, 6.45) is 8.62. The lowest BCUT2D eigenvalue weighted by atomic mass is 10.2. The molecule has 1 aromatic heterocycles. The van der Waals surface area contributed by atoms with E-state index in [0.29, 0.717) is 0 Å². The van der Waals surface area contributed by atoms with Crippen molar-refractivity contribution in [3.63, 3.8) is 0 Å². The third kappa shape index (κ3) is 4.03. The predicted octanol–water partition coefficient (Wildman–Crippen LogP) is 3.18. The Labute approximate surface area is 106 Å². The molecule has 17 heavy (non-hydrogen) atoms. The molecule has 0 bridgehead atoms. The van der Waals surface area contributed by atoms with E-state index in [1.807, 2.05) is 0 Å². The van der Waals surface area contributed by atoms with E-state index in [-0.39, 0.29) is 0 Å². The zero-order valence-corrected chi connectivity index (χ0v) is 11.9. The van der Waals surface area contributed by atoms with E-state index in [1.54, 1.807) is 0 Å². The highest BCUT2D eigenvalue weighted by Gasteiger charge is 2.14. The number of unbranched alkanes of at least 4 members (excludes halogenated alkanes) is 3. The fraction of sp³-hybridized carbons (Fsp3) is 0.667. The first kappa shape index (κ1) is 14.0. The summed E-state index contributed by atoms with van der Waals surface area (Å²) < 4.78 is 2.42. The van der Waals surface area contributed by atoms with Crippen molar-refractivity contribution in [2.75, 3.05) is 19.0 Å². The van der Waals surface area contributed by atoms with Crippen molar-refractivity contribution in [1.29, 1.82) is 0 Å². The van der Waals surface area contributed by atoms with Crippen molar-refractivity contribution in [3.8, 4) is 0 Å². The average Bonchev–Trinajstić information content (AvgIpc) is 2.34. The number of anilines is 1. The average molecular weight is 235 g/mol. The van der Waals surface area contributed by atoms with E-state index in [1.165, 1.54) is 37.1 Å². The van der Waals surface area contributed by atoms with Gasteiger partial charge in [-0.2, -0.15) is 0 Å². The van der Waals surface area contributed by atoms with Gasteiger partial charge in [0.2, 0.25) is 5.69 Å². The fourth-order valence-corrected chi connectivity index (χ4v) is 2.28. The standard InChI is InChI=1S/C15H27N2/c1-5-7-8-9-12-17-13-10-11-15(16(3)4)14(17)6-2/h10-11,13H,5-9,12H2,1-4H3/q+1. The topological polar surface area (TPSA) is 7.12 Å². The van der Waals surface area contributed by atoms with Crippen LogP contribution < -0.4 is 9.47 Å². The molecule has 0 radical (unpaired) electrons. The third-order valence-corrected chi connectivity index (χ3v) is 3.23. The van der Waals surface area contributed by atoms with Gasteiger partial charge in [0.25, 0.3) is 0 Å². The summed E-state index contributed by atoms with van der Waals surface area (Å²) in [7, 11) is 4.24. The molecule has 0 aliphatic carbocycles. The Bertz CT molecular complexity index is 332. The summed E-state index contributed by atoms with van der Waals surface area (Å²) in [5.41, 5.74) is 2.81. The Morgan fingerprint density at radius 2 is 1.88 bits per heavy atom. The van der Waals surface area contributed by atoms with Gasteiger partial charge in [-0.05, 0) is 12.5 Å². The molecule has 0 saturated carbocycles. The maximum Gasteiger partial charge on any atom is 0.204 e. The number of rotatable bonds is 7. The summed E-state index contributed by atoms with van der Waals surface area (Å²) in [6.45, 7) is 5.66. The second-order valence-electron chi connectivity index (χ2n) is 4.84. The van der Waals surface area contributed by atoms with Crippen LogP contribution in [-0.2, 0) is 13.0 Å². The number of pyridine rings is 1. The molecule has 0 aliphatic heterocycles. The van der Waals surface area contributed by atoms with Gasteiger partial charge in [-0.1, -0.05) is 26.7 Å². The van der Waals surface area contributed by atoms with Crippen molar-refractivity contribution in [2.45, 2.75) is 52.5 Å². The fourth-order valence-electron chi connectivity index (χ4n) is 2.28. The van der Waals surface area contributed by atoms with Crippen molar-refractivity contribution in [3.05, 3.63) is 24.0 Å². The Hall–Kier alpha value is -1.05.